The van der Waals surface area contributed by atoms with Gasteiger partial charge in [0.25, 0.3) is 0 Å². The molecule has 0 bridgehead atoms. The molecule has 12 rings (SSSR count). The Balaban J connectivity index is 0.938. The highest BCUT2D eigenvalue weighted by atomic mass is 16.5. The summed E-state index contributed by atoms with van der Waals surface area (Å²) in [6, 6.07) is 62.9. The van der Waals surface area contributed by atoms with Crippen molar-refractivity contribution in [3.8, 4) is 17.3 Å². The van der Waals surface area contributed by atoms with Gasteiger partial charge in [-0.05, 0) is 137 Å². The van der Waals surface area contributed by atoms with Crippen molar-refractivity contribution in [1.82, 2.24) is 20.2 Å². The molecule has 382 valence electrons. The maximum absolute atomic E-state index is 6.95. The summed E-state index contributed by atoms with van der Waals surface area (Å²) in [5.41, 5.74) is 15.1. The fraction of sp³-hybridized carbons (Fsp3) is 0.100. The first-order valence-electron chi connectivity index (χ1n) is 27.0. The molecule has 9 heteroatoms. The molecule has 79 heavy (non-hydrogen) atoms. The van der Waals surface area contributed by atoms with Gasteiger partial charge in [-0.15, -0.1) is 12.0 Å². The molecule has 2 radical (unpaired) electrons. The summed E-state index contributed by atoms with van der Waals surface area (Å²) in [7, 11) is 4.43. The molecule has 3 aliphatic rings. The van der Waals surface area contributed by atoms with Gasteiger partial charge < -0.3 is 25.2 Å². The Kier molecular flexibility index (Phi) is 13.9. The molecule has 9 aromatic rings. The third kappa shape index (κ3) is 10.1. The summed E-state index contributed by atoms with van der Waals surface area (Å²) in [6.07, 6.45) is 26.4. The van der Waals surface area contributed by atoms with E-state index < -0.39 is 5.41 Å². The summed E-state index contributed by atoms with van der Waals surface area (Å²) < 4.78 is 9.23. The topological polar surface area (TPSA) is 57.6 Å². The SMILES string of the molecule is CC(C)(C)c1cc(/C2=C/C=C\N/C=C\C=C/[B]2)c(N2CN(c3cccc(Oc4ccc5c6ccccc6n(-c6cc(C(C)(c7ccccc7)c7ccccc7)ccn6)c5c4)c3)c3ccccc32)c(/C2=C/C=C\N/C=C\C=C/[B]2)c1. The van der Waals surface area contributed by atoms with E-state index in [4.69, 9.17) is 9.72 Å². The van der Waals surface area contributed by atoms with Crippen LogP contribution in [0.25, 0.3) is 38.6 Å². The van der Waals surface area contributed by atoms with Crippen LogP contribution in [0.15, 0.2) is 267 Å². The first-order chi connectivity index (χ1) is 38.7. The number of pyridine rings is 1. The van der Waals surface area contributed by atoms with Crippen molar-refractivity contribution in [2.45, 2.75) is 38.5 Å². The lowest BCUT2D eigenvalue weighted by molar-refractivity contribution is 0.483. The lowest BCUT2D eigenvalue weighted by atomic mass is 9.62. The van der Waals surface area contributed by atoms with Gasteiger partial charge in [0.1, 0.15) is 24.0 Å². The van der Waals surface area contributed by atoms with Crippen molar-refractivity contribution < 1.29 is 4.74 Å². The second-order valence-electron chi connectivity index (χ2n) is 21.2. The average molecular weight is 1020 g/mol. The first-order valence-corrected chi connectivity index (χ1v) is 27.0. The molecule has 5 heterocycles. The third-order valence-electron chi connectivity index (χ3n) is 15.2. The van der Waals surface area contributed by atoms with Crippen LogP contribution in [-0.4, -0.2) is 30.8 Å². The predicted octanol–water partition coefficient (Wildman–Crippen LogP) is 16.2. The van der Waals surface area contributed by atoms with Crippen molar-refractivity contribution in [2.75, 3.05) is 16.5 Å². The van der Waals surface area contributed by atoms with E-state index in [0.29, 0.717) is 6.67 Å². The molecular formula is C70H60B2N6O. The van der Waals surface area contributed by atoms with Gasteiger partial charge in [-0.2, -0.15) is 0 Å². The molecule has 2 aromatic heterocycles. The Morgan fingerprint density at radius 3 is 1.72 bits per heavy atom. The Morgan fingerprint density at radius 1 is 0.481 bits per heavy atom. The van der Waals surface area contributed by atoms with Crippen LogP contribution >= 0.6 is 0 Å². The van der Waals surface area contributed by atoms with Crippen molar-refractivity contribution >= 4 is 70.1 Å². The van der Waals surface area contributed by atoms with Gasteiger partial charge in [0.05, 0.1) is 28.1 Å². The predicted molar refractivity (Wildman–Crippen MR) is 333 cm³/mol. The van der Waals surface area contributed by atoms with Gasteiger partial charge >= 0.3 is 0 Å². The maximum Gasteiger partial charge on any atom is 0.182 e. The number of rotatable bonds is 10. The third-order valence-corrected chi connectivity index (χ3v) is 15.2. The molecule has 0 amide bonds. The fourth-order valence-corrected chi connectivity index (χ4v) is 11.1. The Bertz CT molecular complexity index is 3870. The van der Waals surface area contributed by atoms with Crippen LogP contribution in [0.5, 0.6) is 11.5 Å². The zero-order valence-electron chi connectivity index (χ0n) is 45.0. The number of aromatic nitrogens is 2. The zero-order chi connectivity index (χ0) is 53.8. The van der Waals surface area contributed by atoms with Crippen molar-refractivity contribution in [3.63, 3.8) is 0 Å². The molecule has 0 unspecified atom stereocenters. The highest BCUT2D eigenvalue weighted by Crippen LogP contribution is 2.50. The minimum atomic E-state index is -0.435. The summed E-state index contributed by atoms with van der Waals surface area (Å²) in [6.45, 7) is 9.74. The van der Waals surface area contributed by atoms with Gasteiger partial charge in [-0.1, -0.05) is 153 Å². The van der Waals surface area contributed by atoms with Crippen LogP contribution in [0.4, 0.5) is 22.7 Å². The summed E-state index contributed by atoms with van der Waals surface area (Å²) in [4.78, 5) is 9.97. The van der Waals surface area contributed by atoms with Crippen LogP contribution in [0.2, 0.25) is 0 Å². The minimum Gasteiger partial charge on any atom is -0.457 e. The summed E-state index contributed by atoms with van der Waals surface area (Å²) >= 11 is 0. The van der Waals surface area contributed by atoms with Crippen LogP contribution < -0.4 is 25.2 Å². The van der Waals surface area contributed by atoms with E-state index in [1.807, 2.05) is 49.2 Å². The number of nitrogens with zero attached hydrogens (tertiary/aromatic N) is 4. The number of ether oxygens (including phenoxy) is 1. The lowest BCUT2D eigenvalue weighted by Gasteiger charge is -2.32. The minimum absolute atomic E-state index is 0.146. The number of benzene rings is 7. The smallest absolute Gasteiger partial charge is 0.182 e. The van der Waals surface area contributed by atoms with Gasteiger partial charge in [0, 0.05) is 65.0 Å². The molecule has 0 aliphatic carbocycles. The highest BCUT2D eigenvalue weighted by molar-refractivity contribution is 6.67. The van der Waals surface area contributed by atoms with Gasteiger partial charge in [-0.25, -0.2) is 4.98 Å². The molecule has 0 saturated heterocycles. The van der Waals surface area contributed by atoms with Gasteiger partial charge in [0.2, 0.25) is 0 Å². The summed E-state index contributed by atoms with van der Waals surface area (Å²) in [5, 5.41) is 8.82. The average Bonchev–Trinajstić information content (AvgIpc) is 4.10. The molecule has 7 aromatic carbocycles. The number of fused-ring (bicyclic) bond motifs is 4. The second kappa shape index (κ2) is 21.9. The zero-order valence-corrected chi connectivity index (χ0v) is 45.0. The molecule has 7 nitrogen and oxygen atoms in total. The quantitative estimate of drug-likeness (QED) is 0.133. The fourth-order valence-electron chi connectivity index (χ4n) is 11.1. The second-order valence-corrected chi connectivity index (χ2v) is 21.2. The van der Waals surface area contributed by atoms with Crippen molar-refractivity contribution in [3.05, 3.63) is 301 Å². The molecule has 3 aliphatic heterocycles. The number of para-hydroxylation sites is 3. The van der Waals surface area contributed by atoms with E-state index in [1.165, 1.54) is 16.7 Å². The first kappa shape index (κ1) is 50.4. The molecule has 2 N–H and O–H groups in total. The van der Waals surface area contributed by atoms with E-state index in [0.717, 1.165) is 89.5 Å². The molecule has 0 spiro atoms. The number of nitrogens with one attached hydrogen (secondary N) is 2. The number of allylic oxidation sites excluding steroid dienone is 8. The normalized spacial score (nSPS) is 18.2. The largest absolute Gasteiger partial charge is 0.457 e. The van der Waals surface area contributed by atoms with Crippen molar-refractivity contribution in [1.29, 1.82) is 0 Å². The van der Waals surface area contributed by atoms with Crippen molar-refractivity contribution in [2.24, 2.45) is 0 Å². The number of anilines is 4. The molecule has 0 fully saturated rings. The summed E-state index contributed by atoms with van der Waals surface area (Å²) in [5.74, 6) is 6.53. The Labute approximate surface area is 465 Å². The molecule has 0 atom stereocenters. The van der Waals surface area contributed by atoms with Crippen LogP contribution in [-0.2, 0) is 10.8 Å². The van der Waals surface area contributed by atoms with E-state index in [9.17, 15) is 0 Å². The van der Waals surface area contributed by atoms with E-state index >= 15 is 0 Å². The maximum atomic E-state index is 6.95. The van der Waals surface area contributed by atoms with Crippen LogP contribution in [0, 0.1) is 0 Å². The molecule has 0 saturated carbocycles. The van der Waals surface area contributed by atoms with Crippen LogP contribution in [0.1, 0.15) is 61.1 Å². The standard InChI is InChI=1S/C70H60B2N6O/c1-69(2,3)53-44-59(61-29-20-41-73-39-17-15-37-71-61)68(60(45-53)62-30-21-42-74-40-18-16-38-72-62)77-49-76(64-32-13-14-33-65(64)77)54-26-19-27-55(47-54)79-56-34-35-58-57-28-11-12-31-63(57)78(66(58)48-56)67-46-52(36-43-75-67)70(4,50-22-7-5-8-23-50)51-24-9-6-10-25-51/h5-48,73-74H,49H2,1-4H3/b37-15-,38-16-,39-17-,40-18-,41-20-,42-21-,61-29-,62-30-. The van der Waals surface area contributed by atoms with E-state index in [-0.39, 0.29) is 5.41 Å². The van der Waals surface area contributed by atoms with Gasteiger partial charge in [0.15, 0.2) is 14.6 Å². The van der Waals surface area contributed by atoms with Crippen LogP contribution in [0.3, 0.4) is 0 Å². The monoisotopic (exact) mass is 1020 g/mol. The Morgan fingerprint density at radius 2 is 1.06 bits per heavy atom. The number of hydrogen-bond donors (Lipinski definition) is 2. The van der Waals surface area contributed by atoms with E-state index in [2.05, 4.69) is 286 Å². The van der Waals surface area contributed by atoms with E-state index in [1.54, 1.807) is 0 Å². The highest BCUT2D eigenvalue weighted by Gasteiger charge is 2.34. The molecular weight excluding hydrogens is 962 g/mol. The van der Waals surface area contributed by atoms with Gasteiger partial charge in [-0.3, -0.25) is 4.57 Å². The Hall–Kier alpha value is -9.46. The lowest BCUT2D eigenvalue weighted by Crippen LogP contribution is -2.26. The number of hydrogen-bond acceptors (Lipinski definition) is 6.